The van der Waals surface area contributed by atoms with Gasteiger partial charge in [0.1, 0.15) is 0 Å². The van der Waals surface area contributed by atoms with E-state index in [0.29, 0.717) is 12.0 Å². The van der Waals surface area contributed by atoms with E-state index in [1.54, 1.807) is 13.8 Å². The van der Waals surface area contributed by atoms with E-state index in [4.69, 9.17) is 14.2 Å². The minimum Gasteiger partial charge on any atom is -0.463 e. The Morgan fingerprint density at radius 3 is 2.56 bits per heavy atom. The van der Waals surface area contributed by atoms with Crippen LogP contribution in [-0.4, -0.2) is 36.7 Å². The van der Waals surface area contributed by atoms with Gasteiger partial charge in [0.15, 0.2) is 5.60 Å². The van der Waals surface area contributed by atoms with Crippen LogP contribution in [0.5, 0.6) is 0 Å². The highest BCUT2D eigenvalue weighted by molar-refractivity contribution is 6.05. The number of unbranched alkanes of at least 4 members (excludes halogenated alkanes) is 3. The minimum absolute atomic E-state index is 0.0941. The number of carbonyl (C=O) groups is 3. The fourth-order valence-corrected chi connectivity index (χ4v) is 3.74. The first kappa shape index (κ1) is 20.9. The standard InChI is InChI=1S/C21H28O6/c1-5-8-9-10-11-26-20(24)18-17(19(23)25-7-3)15-12-14(4)21(18,13-15)27-16(22)6-2/h6,12,15H,2,5,7-11,13H2,1,3-4H3. The van der Waals surface area contributed by atoms with Crippen molar-refractivity contribution in [2.24, 2.45) is 5.92 Å². The monoisotopic (exact) mass is 376 g/mol. The van der Waals surface area contributed by atoms with Crippen LogP contribution in [0.15, 0.2) is 35.5 Å². The number of fused-ring (bicyclic) bond motifs is 2. The lowest BCUT2D eigenvalue weighted by Crippen LogP contribution is -2.39. The van der Waals surface area contributed by atoms with Gasteiger partial charge in [-0.05, 0) is 25.8 Å². The third kappa shape index (κ3) is 4.15. The second-order valence-electron chi connectivity index (χ2n) is 6.82. The molecule has 0 aromatic heterocycles. The second-order valence-corrected chi connectivity index (χ2v) is 6.82. The van der Waals surface area contributed by atoms with E-state index in [1.807, 2.05) is 6.08 Å². The van der Waals surface area contributed by atoms with Gasteiger partial charge in [-0.3, -0.25) is 0 Å². The van der Waals surface area contributed by atoms with Crippen LogP contribution in [0.25, 0.3) is 0 Å². The third-order valence-electron chi connectivity index (χ3n) is 5.01. The van der Waals surface area contributed by atoms with Crippen LogP contribution < -0.4 is 0 Å². The van der Waals surface area contributed by atoms with Crippen LogP contribution in [0.2, 0.25) is 0 Å². The maximum absolute atomic E-state index is 12.9. The molecule has 2 bridgehead atoms. The summed E-state index contributed by atoms with van der Waals surface area (Å²) < 4.78 is 16.2. The quantitative estimate of drug-likeness (QED) is 0.191. The Morgan fingerprint density at radius 1 is 1.19 bits per heavy atom. The fraction of sp³-hybridized carbons (Fsp3) is 0.571. The van der Waals surface area contributed by atoms with E-state index in [-0.39, 0.29) is 30.3 Å². The number of rotatable bonds is 10. The van der Waals surface area contributed by atoms with Crippen LogP contribution in [-0.2, 0) is 28.6 Å². The van der Waals surface area contributed by atoms with Crippen molar-refractivity contribution in [3.05, 3.63) is 35.5 Å². The summed E-state index contributed by atoms with van der Waals surface area (Å²) in [5, 5.41) is 0. The number of allylic oxidation sites excluding steroid dienone is 1. The van der Waals surface area contributed by atoms with E-state index >= 15 is 0 Å². The number of esters is 3. The highest BCUT2D eigenvalue weighted by Gasteiger charge is 2.58. The molecule has 6 heteroatoms. The lowest BCUT2D eigenvalue weighted by atomic mass is 9.87. The average molecular weight is 376 g/mol. The van der Waals surface area contributed by atoms with E-state index in [1.165, 1.54) is 0 Å². The van der Waals surface area contributed by atoms with Crippen LogP contribution in [0, 0.1) is 5.92 Å². The highest BCUT2D eigenvalue weighted by atomic mass is 16.6. The lowest BCUT2D eigenvalue weighted by Gasteiger charge is -2.30. The predicted molar refractivity (Wildman–Crippen MR) is 99.6 cm³/mol. The first-order chi connectivity index (χ1) is 12.9. The molecule has 0 amide bonds. The molecule has 0 saturated carbocycles. The Labute approximate surface area is 160 Å². The van der Waals surface area contributed by atoms with Gasteiger partial charge < -0.3 is 14.2 Å². The summed E-state index contributed by atoms with van der Waals surface area (Å²) in [5.74, 6) is -2.17. The summed E-state index contributed by atoms with van der Waals surface area (Å²) in [4.78, 5) is 37.3. The van der Waals surface area contributed by atoms with Gasteiger partial charge in [-0.25, -0.2) is 14.4 Å². The van der Waals surface area contributed by atoms with Crippen molar-refractivity contribution >= 4 is 17.9 Å². The van der Waals surface area contributed by atoms with Crippen LogP contribution in [0.1, 0.15) is 52.9 Å². The van der Waals surface area contributed by atoms with Crippen molar-refractivity contribution in [3.8, 4) is 0 Å². The number of ether oxygens (including phenoxy) is 3. The molecular weight excluding hydrogens is 348 g/mol. The zero-order valence-electron chi connectivity index (χ0n) is 16.3. The van der Waals surface area contributed by atoms with Crippen molar-refractivity contribution in [1.82, 2.24) is 0 Å². The molecular formula is C21H28O6. The molecule has 2 unspecified atom stereocenters. The van der Waals surface area contributed by atoms with Crippen molar-refractivity contribution in [3.63, 3.8) is 0 Å². The first-order valence-corrected chi connectivity index (χ1v) is 9.54. The zero-order valence-corrected chi connectivity index (χ0v) is 16.3. The molecule has 0 aromatic carbocycles. The molecule has 0 aromatic rings. The summed E-state index contributed by atoms with van der Waals surface area (Å²) in [5.41, 5.74) is -0.235. The molecule has 0 N–H and O–H groups in total. The molecule has 0 aliphatic heterocycles. The van der Waals surface area contributed by atoms with E-state index in [0.717, 1.165) is 31.8 Å². The molecule has 0 saturated heterocycles. The number of carbonyl (C=O) groups excluding carboxylic acids is 3. The Bertz CT molecular complexity index is 687. The van der Waals surface area contributed by atoms with Gasteiger partial charge in [0.2, 0.25) is 0 Å². The number of hydrogen-bond acceptors (Lipinski definition) is 6. The van der Waals surface area contributed by atoms with Gasteiger partial charge in [-0.2, -0.15) is 0 Å². The van der Waals surface area contributed by atoms with Gasteiger partial charge in [0, 0.05) is 18.4 Å². The van der Waals surface area contributed by atoms with E-state index in [2.05, 4.69) is 13.5 Å². The second kappa shape index (κ2) is 9.02. The Balaban J connectivity index is 2.31. The highest BCUT2D eigenvalue weighted by Crippen LogP contribution is 2.53. The minimum atomic E-state index is -1.28. The van der Waals surface area contributed by atoms with Crippen molar-refractivity contribution in [1.29, 1.82) is 0 Å². The molecule has 0 fully saturated rings. The average Bonchev–Trinajstić information content (AvgIpc) is 3.12. The molecule has 2 atom stereocenters. The zero-order chi connectivity index (χ0) is 20.0. The summed E-state index contributed by atoms with van der Waals surface area (Å²) >= 11 is 0. The molecule has 6 nitrogen and oxygen atoms in total. The third-order valence-corrected chi connectivity index (χ3v) is 5.01. The molecule has 0 spiro atoms. The largest absolute Gasteiger partial charge is 0.463 e. The van der Waals surface area contributed by atoms with Gasteiger partial charge in [0.25, 0.3) is 0 Å². The predicted octanol–water partition coefficient (Wildman–Crippen LogP) is 3.42. The Kier molecular flexibility index (Phi) is 6.99. The summed E-state index contributed by atoms with van der Waals surface area (Å²) in [6.07, 6.45) is 7.07. The summed E-state index contributed by atoms with van der Waals surface area (Å²) in [6.45, 7) is 9.46. The summed E-state index contributed by atoms with van der Waals surface area (Å²) in [6, 6.07) is 0. The van der Waals surface area contributed by atoms with Crippen LogP contribution in [0.4, 0.5) is 0 Å². The van der Waals surface area contributed by atoms with Crippen LogP contribution >= 0.6 is 0 Å². The van der Waals surface area contributed by atoms with Crippen molar-refractivity contribution < 1.29 is 28.6 Å². The van der Waals surface area contributed by atoms with Gasteiger partial charge in [-0.1, -0.05) is 38.8 Å². The molecule has 2 aliphatic rings. The van der Waals surface area contributed by atoms with Gasteiger partial charge in [0.05, 0.1) is 24.4 Å². The van der Waals surface area contributed by atoms with Crippen molar-refractivity contribution in [2.45, 2.75) is 58.5 Å². The van der Waals surface area contributed by atoms with Gasteiger partial charge in [-0.15, -0.1) is 0 Å². The first-order valence-electron chi connectivity index (χ1n) is 9.54. The topological polar surface area (TPSA) is 78.9 Å². The molecule has 148 valence electrons. The molecule has 27 heavy (non-hydrogen) atoms. The Morgan fingerprint density at radius 2 is 1.93 bits per heavy atom. The van der Waals surface area contributed by atoms with Crippen molar-refractivity contribution in [2.75, 3.05) is 13.2 Å². The lowest BCUT2D eigenvalue weighted by molar-refractivity contribution is -0.151. The fourth-order valence-electron chi connectivity index (χ4n) is 3.74. The van der Waals surface area contributed by atoms with E-state index < -0.39 is 23.5 Å². The number of hydrogen-bond donors (Lipinski definition) is 0. The van der Waals surface area contributed by atoms with E-state index in [9.17, 15) is 14.4 Å². The normalized spacial score (nSPS) is 23.1. The maximum atomic E-state index is 12.9. The molecule has 0 heterocycles. The molecule has 2 rings (SSSR count). The summed E-state index contributed by atoms with van der Waals surface area (Å²) in [7, 11) is 0. The van der Waals surface area contributed by atoms with Crippen LogP contribution in [0.3, 0.4) is 0 Å². The SMILES string of the molecule is C=CC(=O)OC12CC(C=C1C)C(C(=O)OCC)=C2C(=O)OCCCCCC. The molecule has 2 aliphatic carbocycles. The smallest absolute Gasteiger partial charge is 0.339 e. The molecule has 0 radical (unpaired) electrons. The maximum Gasteiger partial charge on any atom is 0.339 e. The van der Waals surface area contributed by atoms with Gasteiger partial charge >= 0.3 is 17.9 Å². The Hall–Kier alpha value is -2.37.